The summed E-state index contributed by atoms with van der Waals surface area (Å²) in [4.78, 5) is 0. The van der Waals surface area contributed by atoms with E-state index in [4.69, 9.17) is 11.6 Å². The summed E-state index contributed by atoms with van der Waals surface area (Å²) < 4.78 is 14.3. The van der Waals surface area contributed by atoms with Crippen LogP contribution in [-0.2, 0) is 0 Å². The van der Waals surface area contributed by atoms with Gasteiger partial charge in [-0.05, 0) is 41.9 Å². The van der Waals surface area contributed by atoms with Crippen LogP contribution in [0.25, 0.3) is 0 Å². The van der Waals surface area contributed by atoms with Crippen molar-refractivity contribution in [2.75, 3.05) is 6.54 Å². The Labute approximate surface area is 125 Å². The van der Waals surface area contributed by atoms with E-state index in [1.807, 2.05) is 37.3 Å². The van der Waals surface area contributed by atoms with Crippen LogP contribution in [0, 0.1) is 5.82 Å². The fourth-order valence-corrected chi connectivity index (χ4v) is 2.79. The van der Waals surface area contributed by atoms with E-state index in [-0.39, 0.29) is 11.9 Å². The molecular weight excluding hydrogens is 329 g/mol. The van der Waals surface area contributed by atoms with Gasteiger partial charge in [-0.15, -0.1) is 0 Å². The number of rotatable bonds is 4. The van der Waals surface area contributed by atoms with E-state index in [2.05, 4.69) is 21.2 Å². The van der Waals surface area contributed by atoms with Crippen molar-refractivity contribution in [3.63, 3.8) is 0 Å². The predicted octanol–water partition coefficient (Wildman–Crippen LogP) is 4.94. The lowest BCUT2D eigenvalue weighted by atomic mass is 9.98. The summed E-state index contributed by atoms with van der Waals surface area (Å²) in [7, 11) is 0. The van der Waals surface area contributed by atoms with Crippen molar-refractivity contribution in [2.45, 2.75) is 13.0 Å². The van der Waals surface area contributed by atoms with Crippen molar-refractivity contribution >= 4 is 27.5 Å². The summed E-state index contributed by atoms with van der Waals surface area (Å²) in [6.45, 7) is 2.78. The number of halogens is 3. The van der Waals surface area contributed by atoms with Crippen LogP contribution in [0.4, 0.5) is 4.39 Å². The van der Waals surface area contributed by atoms with Gasteiger partial charge >= 0.3 is 0 Å². The normalized spacial score (nSPS) is 12.4. The molecule has 19 heavy (non-hydrogen) atoms. The monoisotopic (exact) mass is 341 g/mol. The Morgan fingerprint density at radius 2 is 2.00 bits per heavy atom. The van der Waals surface area contributed by atoms with Gasteiger partial charge in [0, 0.05) is 9.50 Å². The van der Waals surface area contributed by atoms with Gasteiger partial charge in [-0.25, -0.2) is 4.39 Å². The van der Waals surface area contributed by atoms with Crippen molar-refractivity contribution in [1.29, 1.82) is 0 Å². The highest BCUT2D eigenvalue weighted by molar-refractivity contribution is 9.10. The lowest BCUT2D eigenvalue weighted by Gasteiger charge is -2.20. The maximum Gasteiger partial charge on any atom is 0.124 e. The molecule has 0 spiro atoms. The Balaban J connectivity index is 2.48. The van der Waals surface area contributed by atoms with Crippen LogP contribution in [0.2, 0.25) is 5.02 Å². The highest BCUT2D eigenvalue weighted by Crippen LogP contribution is 2.30. The number of hydrogen-bond donors (Lipinski definition) is 1. The molecule has 2 aromatic rings. The van der Waals surface area contributed by atoms with Crippen LogP contribution in [0.1, 0.15) is 24.1 Å². The second kappa shape index (κ2) is 6.51. The summed E-state index contributed by atoms with van der Waals surface area (Å²) in [5, 5.41) is 4.01. The first-order valence-corrected chi connectivity index (χ1v) is 7.22. The molecule has 0 amide bonds. The Hall–Kier alpha value is -0.900. The molecule has 0 aromatic heterocycles. The molecule has 0 radical (unpaired) electrons. The molecule has 0 aliphatic heterocycles. The first kappa shape index (κ1) is 14.5. The maximum absolute atomic E-state index is 13.6. The average Bonchev–Trinajstić information content (AvgIpc) is 2.36. The third-order valence-electron chi connectivity index (χ3n) is 2.84. The van der Waals surface area contributed by atoms with E-state index in [1.165, 1.54) is 12.1 Å². The Bertz CT molecular complexity index is 554. The van der Waals surface area contributed by atoms with Crippen molar-refractivity contribution in [2.24, 2.45) is 0 Å². The van der Waals surface area contributed by atoms with Gasteiger partial charge in [0.15, 0.2) is 0 Å². The van der Waals surface area contributed by atoms with Gasteiger partial charge in [-0.1, -0.05) is 52.7 Å². The van der Waals surface area contributed by atoms with Gasteiger partial charge in [0.05, 0.1) is 6.04 Å². The minimum atomic E-state index is -0.265. The fourth-order valence-electron chi connectivity index (χ4n) is 2.06. The van der Waals surface area contributed by atoms with E-state index >= 15 is 0 Å². The van der Waals surface area contributed by atoms with Gasteiger partial charge in [0.25, 0.3) is 0 Å². The molecule has 0 saturated carbocycles. The Morgan fingerprint density at radius 3 is 2.63 bits per heavy atom. The van der Waals surface area contributed by atoms with E-state index in [1.54, 1.807) is 0 Å². The zero-order valence-corrected chi connectivity index (χ0v) is 12.8. The molecule has 0 saturated heterocycles. The summed E-state index contributed by atoms with van der Waals surface area (Å²) >= 11 is 9.56. The Morgan fingerprint density at radius 1 is 1.26 bits per heavy atom. The maximum atomic E-state index is 13.6. The van der Waals surface area contributed by atoms with Crippen molar-refractivity contribution < 1.29 is 4.39 Å². The zero-order chi connectivity index (χ0) is 13.8. The molecule has 0 aliphatic rings. The average molecular weight is 343 g/mol. The molecular formula is C15H14BrClFN. The molecule has 100 valence electrons. The second-order valence-corrected chi connectivity index (χ2v) is 5.54. The van der Waals surface area contributed by atoms with E-state index in [9.17, 15) is 4.39 Å². The van der Waals surface area contributed by atoms with Crippen LogP contribution in [0.3, 0.4) is 0 Å². The van der Waals surface area contributed by atoms with Gasteiger partial charge in [-0.2, -0.15) is 0 Å². The van der Waals surface area contributed by atoms with Crippen LogP contribution in [-0.4, -0.2) is 6.54 Å². The lowest BCUT2D eigenvalue weighted by molar-refractivity contribution is 0.602. The summed E-state index contributed by atoms with van der Waals surface area (Å²) in [6, 6.07) is 12.4. The topological polar surface area (TPSA) is 12.0 Å². The van der Waals surface area contributed by atoms with E-state index in [0.717, 1.165) is 22.1 Å². The van der Waals surface area contributed by atoms with Crippen LogP contribution >= 0.6 is 27.5 Å². The SMILES string of the molecule is CCNC(c1cc(F)cc(Br)c1)c1ccccc1Cl. The number of nitrogens with one attached hydrogen (secondary N) is 1. The highest BCUT2D eigenvalue weighted by Gasteiger charge is 2.16. The summed E-state index contributed by atoms with van der Waals surface area (Å²) in [6.07, 6.45) is 0. The van der Waals surface area contributed by atoms with Gasteiger partial charge in [-0.3, -0.25) is 0 Å². The molecule has 2 aromatic carbocycles. The summed E-state index contributed by atoms with van der Waals surface area (Å²) in [5.74, 6) is -0.265. The lowest BCUT2D eigenvalue weighted by Crippen LogP contribution is -2.22. The van der Waals surface area contributed by atoms with Crippen molar-refractivity contribution in [1.82, 2.24) is 5.32 Å². The quantitative estimate of drug-likeness (QED) is 0.830. The standard InChI is InChI=1S/C15H14BrClFN/c1-2-19-15(13-5-3-4-6-14(13)17)10-7-11(16)9-12(18)8-10/h3-9,15,19H,2H2,1H3. The van der Waals surface area contributed by atoms with Gasteiger partial charge in [0.2, 0.25) is 0 Å². The summed E-state index contributed by atoms with van der Waals surface area (Å²) in [5.41, 5.74) is 1.80. The van der Waals surface area contributed by atoms with Gasteiger partial charge < -0.3 is 5.32 Å². The third-order valence-corrected chi connectivity index (χ3v) is 3.64. The highest BCUT2D eigenvalue weighted by atomic mass is 79.9. The minimum Gasteiger partial charge on any atom is -0.306 e. The largest absolute Gasteiger partial charge is 0.306 e. The molecule has 1 unspecified atom stereocenters. The molecule has 2 rings (SSSR count). The first-order valence-electron chi connectivity index (χ1n) is 6.05. The van der Waals surface area contributed by atoms with Crippen LogP contribution in [0.5, 0.6) is 0 Å². The van der Waals surface area contributed by atoms with Gasteiger partial charge in [0.1, 0.15) is 5.82 Å². The van der Waals surface area contributed by atoms with E-state index in [0.29, 0.717) is 5.02 Å². The third kappa shape index (κ3) is 3.56. The van der Waals surface area contributed by atoms with Crippen molar-refractivity contribution in [3.05, 3.63) is 68.9 Å². The molecule has 1 atom stereocenters. The predicted molar refractivity (Wildman–Crippen MR) is 81.1 cm³/mol. The number of benzene rings is 2. The Kier molecular flexibility index (Phi) is 4.97. The molecule has 0 aliphatic carbocycles. The smallest absolute Gasteiger partial charge is 0.124 e. The minimum absolute atomic E-state index is 0.120. The molecule has 0 heterocycles. The molecule has 0 bridgehead atoms. The fraction of sp³-hybridized carbons (Fsp3) is 0.200. The van der Waals surface area contributed by atoms with E-state index < -0.39 is 0 Å². The molecule has 4 heteroatoms. The first-order chi connectivity index (χ1) is 9.11. The molecule has 0 fully saturated rings. The molecule has 1 N–H and O–H groups in total. The second-order valence-electron chi connectivity index (χ2n) is 4.21. The van der Waals surface area contributed by atoms with Crippen LogP contribution < -0.4 is 5.32 Å². The van der Waals surface area contributed by atoms with Crippen molar-refractivity contribution in [3.8, 4) is 0 Å². The number of hydrogen-bond acceptors (Lipinski definition) is 1. The zero-order valence-electron chi connectivity index (χ0n) is 10.5. The molecule has 1 nitrogen and oxygen atoms in total. The van der Waals surface area contributed by atoms with Crippen LogP contribution in [0.15, 0.2) is 46.9 Å².